The number of ether oxygens (including phenoxy) is 1. The van der Waals surface area contributed by atoms with Crippen LogP contribution >= 0.6 is 15.9 Å². The van der Waals surface area contributed by atoms with E-state index in [1.165, 1.54) is 0 Å². The maximum atomic E-state index is 5.23. The Bertz CT molecular complexity index is 278. The molecule has 72 valence electrons. The van der Waals surface area contributed by atoms with Crippen LogP contribution in [0.2, 0.25) is 0 Å². The van der Waals surface area contributed by atoms with Crippen molar-refractivity contribution in [1.29, 1.82) is 0 Å². The fraction of sp³-hybridized carbons (Fsp3) is 0.333. The zero-order chi connectivity index (χ0) is 9.68. The standard InChI is InChI=1S/C9H12BrNO2/c1-12-9-7(5-6-13-11)3-2-4-8(9)10/h2-4H,5-6,11H2,1H3. The van der Waals surface area contributed by atoms with E-state index < -0.39 is 0 Å². The number of benzene rings is 1. The molecular formula is C9H12BrNO2. The Kier molecular flexibility index (Phi) is 4.21. The maximum Gasteiger partial charge on any atom is 0.136 e. The van der Waals surface area contributed by atoms with E-state index in [-0.39, 0.29) is 0 Å². The molecule has 2 N–H and O–H groups in total. The van der Waals surface area contributed by atoms with Gasteiger partial charge in [0.15, 0.2) is 0 Å². The minimum Gasteiger partial charge on any atom is -0.495 e. The van der Waals surface area contributed by atoms with Crippen molar-refractivity contribution in [3.63, 3.8) is 0 Å². The third-order valence-electron chi connectivity index (χ3n) is 1.74. The second kappa shape index (κ2) is 5.21. The third kappa shape index (κ3) is 2.69. The van der Waals surface area contributed by atoms with E-state index >= 15 is 0 Å². The molecule has 1 rings (SSSR count). The highest BCUT2D eigenvalue weighted by molar-refractivity contribution is 9.10. The molecule has 0 amide bonds. The molecular weight excluding hydrogens is 234 g/mol. The smallest absolute Gasteiger partial charge is 0.136 e. The second-order valence-electron chi connectivity index (χ2n) is 2.55. The molecule has 0 radical (unpaired) electrons. The molecule has 4 heteroatoms. The zero-order valence-corrected chi connectivity index (χ0v) is 9.00. The van der Waals surface area contributed by atoms with Crippen molar-refractivity contribution in [1.82, 2.24) is 0 Å². The Labute approximate surface area is 85.9 Å². The van der Waals surface area contributed by atoms with Gasteiger partial charge in [-0.25, -0.2) is 5.90 Å². The molecule has 1 aromatic rings. The average molecular weight is 246 g/mol. The Hall–Kier alpha value is -0.580. The molecule has 0 heterocycles. The van der Waals surface area contributed by atoms with Crippen molar-refractivity contribution in [3.8, 4) is 5.75 Å². The lowest BCUT2D eigenvalue weighted by molar-refractivity contribution is 0.140. The topological polar surface area (TPSA) is 44.5 Å². The lowest BCUT2D eigenvalue weighted by Crippen LogP contribution is -2.04. The largest absolute Gasteiger partial charge is 0.495 e. The molecule has 0 aliphatic heterocycles. The fourth-order valence-electron chi connectivity index (χ4n) is 1.15. The number of halogens is 1. The summed E-state index contributed by atoms with van der Waals surface area (Å²) in [7, 11) is 1.65. The molecule has 0 spiro atoms. The van der Waals surface area contributed by atoms with Gasteiger partial charge < -0.3 is 9.57 Å². The van der Waals surface area contributed by atoms with Crippen LogP contribution < -0.4 is 10.6 Å². The van der Waals surface area contributed by atoms with Crippen molar-refractivity contribution in [2.75, 3.05) is 13.7 Å². The Morgan fingerprint density at radius 2 is 2.23 bits per heavy atom. The lowest BCUT2D eigenvalue weighted by atomic mass is 10.1. The number of hydrogen-bond acceptors (Lipinski definition) is 3. The summed E-state index contributed by atoms with van der Waals surface area (Å²) in [6, 6.07) is 5.88. The van der Waals surface area contributed by atoms with Crippen LogP contribution in [0.15, 0.2) is 22.7 Å². The highest BCUT2D eigenvalue weighted by Crippen LogP contribution is 2.28. The van der Waals surface area contributed by atoms with Crippen molar-refractivity contribution < 1.29 is 9.57 Å². The van der Waals surface area contributed by atoms with Gasteiger partial charge in [-0.3, -0.25) is 0 Å². The van der Waals surface area contributed by atoms with E-state index in [9.17, 15) is 0 Å². The van der Waals surface area contributed by atoms with Gasteiger partial charge in [-0.2, -0.15) is 0 Å². The number of nitrogens with two attached hydrogens (primary N) is 1. The number of methoxy groups -OCH3 is 1. The van der Waals surface area contributed by atoms with E-state index in [0.717, 1.165) is 22.2 Å². The molecule has 0 aromatic heterocycles. The van der Waals surface area contributed by atoms with Crippen molar-refractivity contribution >= 4 is 15.9 Å². The Balaban J connectivity index is 2.85. The molecule has 0 saturated heterocycles. The predicted molar refractivity (Wildman–Crippen MR) is 54.5 cm³/mol. The summed E-state index contributed by atoms with van der Waals surface area (Å²) < 4.78 is 6.18. The Morgan fingerprint density at radius 3 is 2.85 bits per heavy atom. The van der Waals surface area contributed by atoms with E-state index in [2.05, 4.69) is 20.8 Å². The van der Waals surface area contributed by atoms with Crippen LogP contribution in [0, 0.1) is 0 Å². The van der Waals surface area contributed by atoms with E-state index in [1.54, 1.807) is 7.11 Å². The van der Waals surface area contributed by atoms with Gasteiger partial charge in [0.25, 0.3) is 0 Å². The lowest BCUT2D eigenvalue weighted by Gasteiger charge is -2.09. The van der Waals surface area contributed by atoms with Gasteiger partial charge in [0.1, 0.15) is 5.75 Å². The first-order valence-corrected chi connectivity index (χ1v) is 4.72. The quantitative estimate of drug-likeness (QED) is 0.825. The van der Waals surface area contributed by atoms with Crippen molar-refractivity contribution in [2.24, 2.45) is 5.90 Å². The highest BCUT2D eigenvalue weighted by Gasteiger charge is 2.05. The summed E-state index contributed by atoms with van der Waals surface area (Å²) in [5, 5.41) is 0. The van der Waals surface area contributed by atoms with E-state index in [4.69, 9.17) is 10.6 Å². The first-order chi connectivity index (χ1) is 6.29. The number of para-hydroxylation sites is 1. The summed E-state index contributed by atoms with van der Waals surface area (Å²) in [5.41, 5.74) is 1.09. The first-order valence-electron chi connectivity index (χ1n) is 3.92. The second-order valence-corrected chi connectivity index (χ2v) is 3.41. The van der Waals surface area contributed by atoms with Crippen LogP contribution in [0.25, 0.3) is 0 Å². The number of rotatable bonds is 4. The van der Waals surface area contributed by atoms with Crippen LogP contribution in [0.3, 0.4) is 0 Å². The molecule has 0 unspecified atom stereocenters. The predicted octanol–water partition coefficient (Wildman–Crippen LogP) is 1.89. The summed E-state index contributed by atoms with van der Waals surface area (Å²) in [6.07, 6.45) is 0.749. The number of hydrogen-bond donors (Lipinski definition) is 1. The Morgan fingerprint density at radius 1 is 1.46 bits per heavy atom. The van der Waals surface area contributed by atoms with Gasteiger partial charge in [-0.15, -0.1) is 0 Å². The fourth-order valence-corrected chi connectivity index (χ4v) is 1.72. The SMILES string of the molecule is COc1c(Br)cccc1CCON. The van der Waals surface area contributed by atoms with E-state index in [1.807, 2.05) is 18.2 Å². The normalized spacial score (nSPS) is 10.1. The molecule has 13 heavy (non-hydrogen) atoms. The molecule has 0 fully saturated rings. The van der Waals surface area contributed by atoms with Gasteiger partial charge in [0.2, 0.25) is 0 Å². The van der Waals surface area contributed by atoms with Crippen LogP contribution in [-0.2, 0) is 11.3 Å². The van der Waals surface area contributed by atoms with Gasteiger partial charge in [-0.1, -0.05) is 12.1 Å². The minimum absolute atomic E-state index is 0.493. The summed E-state index contributed by atoms with van der Waals surface area (Å²) in [6.45, 7) is 0.493. The van der Waals surface area contributed by atoms with Crippen LogP contribution in [0.5, 0.6) is 5.75 Å². The van der Waals surface area contributed by atoms with E-state index in [0.29, 0.717) is 6.61 Å². The molecule has 3 nitrogen and oxygen atoms in total. The van der Waals surface area contributed by atoms with Gasteiger partial charge in [-0.05, 0) is 27.6 Å². The van der Waals surface area contributed by atoms with Crippen LogP contribution in [-0.4, -0.2) is 13.7 Å². The molecule has 0 saturated carbocycles. The highest BCUT2D eigenvalue weighted by atomic mass is 79.9. The summed E-state index contributed by atoms with van der Waals surface area (Å²) in [5.74, 6) is 5.80. The molecule has 0 aliphatic carbocycles. The zero-order valence-electron chi connectivity index (χ0n) is 7.42. The van der Waals surface area contributed by atoms with Crippen LogP contribution in [0.1, 0.15) is 5.56 Å². The van der Waals surface area contributed by atoms with Gasteiger partial charge >= 0.3 is 0 Å². The van der Waals surface area contributed by atoms with Crippen molar-refractivity contribution in [3.05, 3.63) is 28.2 Å². The van der Waals surface area contributed by atoms with Crippen LogP contribution in [0.4, 0.5) is 0 Å². The summed E-state index contributed by atoms with van der Waals surface area (Å²) >= 11 is 3.40. The first kappa shape index (κ1) is 10.5. The monoisotopic (exact) mass is 245 g/mol. The van der Waals surface area contributed by atoms with Gasteiger partial charge in [0.05, 0.1) is 18.2 Å². The molecule has 0 atom stereocenters. The molecule has 1 aromatic carbocycles. The molecule has 0 aliphatic rings. The van der Waals surface area contributed by atoms with Gasteiger partial charge in [0, 0.05) is 6.42 Å². The minimum atomic E-state index is 0.493. The summed E-state index contributed by atoms with van der Waals surface area (Å²) in [4.78, 5) is 4.51. The molecule has 0 bridgehead atoms. The average Bonchev–Trinajstić information content (AvgIpc) is 2.15. The third-order valence-corrected chi connectivity index (χ3v) is 2.37. The maximum absolute atomic E-state index is 5.23. The van der Waals surface area contributed by atoms with Crippen molar-refractivity contribution in [2.45, 2.75) is 6.42 Å².